The second kappa shape index (κ2) is 15.7. The molecule has 1 N–H and O–H groups in total. The van der Waals surface area contributed by atoms with Crippen molar-refractivity contribution in [2.45, 2.75) is 37.2 Å². The standard InChI is InChI=1S/C34H35BrFN3O5S/c1-3-21-37-34(41)32(22-25-7-5-4-6-8-25)38(23-26-9-11-27(35)12-10-26)33(40)24-39(29-15-13-28(36)14-16-29)45(42,43)31-19-17-30(44-2)18-20-31/h4-20,32H,3,21-24H2,1-2H3,(H,37,41). The van der Waals surface area contributed by atoms with E-state index in [0.717, 1.165) is 32.0 Å². The first-order chi connectivity index (χ1) is 21.6. The van der Waals surface area contributed by atoms with E-state index >= 15 is 0 Å². The van der Waals surface area contributed by atoms with Gasteiger partial charge in [0, 0.05) is 24.0 Å². The molecule has 45 heavy (non-hydrogen) atoms. The minimum absolute atomic E-state index is 0.0446. The molecule has 0 heterocycles. The quantitative estimate of drug-likeness (QED) is 0.176. The van der Waals surface area contributed by atoms with E-state index in [2.05, 4.69) is 21.2 Å². The van der Waals surface area contributed by atoms with Gasteiger partial charge in [0.1, 0.15) is 24.2 Å². The molecule has 0 radical (unpaired) electrons. The number of anilines is 1. The van der Waals surface area contributed by atoms with Crippen molar-refractivity contribution in [2.75, 3.05) is 24.5 Å². The Morgan fingerprint density at radius 1 is 0.889 bits per heavy atom. The third-order valence-electron chi connectivity index (χ3n) is 7.13. The van der Waals surface area contributed by atoms with Crippen molar-refractivity contribution in [3.63, 3.8) is 0 Å². The predicted molar refractivity (Wildman–Crippen MR) is 176 cm³/mol. The van der Waals surface area contributed by atoms with Gasteiger partial charge in [-0.15, -0.1) is 0 Å². The number of ether oxygens (including phenoxy) is 1. The number of sulfonamides is 1. The minimum atomic E-state index is -4.32. The van der Waals surface area contributed by atoms with Gasteiger partial charge in [0.05, 0.1) is 17.7 Å². The first-order valence-electron chi connectivity index (χ1n) is 14.4. The molecule has 4 aromatic rings. The number of hydrogen-bond donors (Lipinski definition) is 1. The van der Waals surface area contributed by atoms with Crippen LogP contribution in [0.3, 0.4) is 0 Å². The van der Waals surface area contributed by atoms with Crippen molar-refractivity contribution in [1.82, 2.24) is 10.2 Å². The number of methoxy groups -OCH3 is 1. The molecule has 8 nitrogen and oxygen atoms in total. The van der Waals surface area contributed by atoms with Gasteiger partial charge >= 0.3 is 0 Å². The number of amides is 2. The van der Waals surface area contributed by atoms with Crippen LogP contribution in [-0.2, 0) is 32.6 Å². The molecule has 0 bridgehead atoms. The summed E-state index contributed by atoms with van der Waals surface area (Å²) in [6, 6.07) is 26.4. The Morgan fingerprint density at radius 2 is 1.53 bits per heavy atom. The summed E-state index contributed by atoms with van der Waals surface area (Å²) in [6.07, 6.45) is 0.906. The lowest BCUT2D eigenvalue weighted by atomic mass is 10.0. The van der Waals surface area contributed by atoms with E-state index in [1.807, 2.05) is 61.5 Å². The van der Waals surface area contributed by atoms with Crippen LogP contribution in [0.4, 0.5) is 10.1 Å². The first-order valence-corrected chi connectivity index (χ1v) is 16.6. The lowest BCUT2D eigenvalue weighted by Crippen LogP contribution is -2.53. The third kappa shape index (κ3) is 8.92. The van der Waals surface area contributed by atoms with E-state index < -0.39 is 34.3 Å². The molecule has 4 aromatic carbocycles. The van der Waals surface area contributed by atoms with Crippen molar-refractivity contribution in [2.24, 2.45) is 0 Å². The van der Waals surface area contributed by atoms with Crippen molar-refractivity contribution < 1.29 is 27.1 Å². The summed E-state index contributed by atoms with van der Waals surface area (Å²) in [5, 5.41) is 2.92. The molecule has 0 fully saturated rings. The summed E-state index contributed by atoms with van der Waals surface area (Å²) in [5.41, 5.74) is 1.68. The van der Waals surface area contributed by atoms with E-state index in [0.29, 0.717) is 18.7 Å². The van der Waals surface area contributed by atoms with Gasteiger partial charge in [0.2, 0.25) is 11.8 Å². The van der Waals surface area contributed by atoms with Crippen LogP contribution >= 0.6 is 15.9 Å². The fourth-order valence-corrected chi connectivity index (χ4v) is 6.40. The van der Waals surface area contributed by atoms with Crippen LogP contribution in [-0.4, -0.2) is 51.4 Å². The third-order valence-corrected chi connectivity index (χ3v) is 9.44. The molecule has 1 atom stereocenters. The Kier molecular flexibility index (Phi) is 11.7. The van der Waals surface area contributed by atoms with Gasteiger partial charge in [0.25, 0.3) is 10.0 Å². The summed E-state index contributed by atoms with van der Waals surface area (Å²) < 4.78 is 49.0. The van der Waals surface area contributed by atoms with Crippen LogP contribution in [0, 0.1) is 5.82 Å². The number of halogens is 2. The van der Waals surface area contributed by atoms with Gasteiger partial charge in [-0.05, 0) is 78.2 Å². The zero-order valence-corrected chi connectivity index (χ0v) is 27.4. The topological polar surface area (TPSA) is 96.0 Å². The Morgan fingerprint density at radius 3 is 2.13 bits per heavy atom. The number of benzene rings is 4. The Hall–Kier alpha value is -4.22. The first kappa shape index (κ1) is 33.7. The monoisotopic (exact) mass is 695 g/mol. The number of rotatable bonds is 14. The molecule has 2 amide bonds. The number of nitrogens with one attached hydrogen (secondary N) is 1. The lowest BCUT2D eigenvalue weighted by molar-refractivity contribution is -0.140. The SMILES string of the molecule is CCCNC(=O)C(Cc1ccccc1)N(Cc1ccc(Br)cc1)C(=O)CN(c1ccc(F)cc1)S(=O)(=O)c1ccc(OC)cc1. The highest BCUT2D eigenvalue weighted by atomic mass is 79.9. The lowest BCUT2D eigenvalue weighted by Gasteiger charge is -2.34. The normalized spacial score (nSPS) is 11.8. The van der Waals surface area contributed by atoms with Crippen LogP contribution in [0.1, 0.15) is 24.5 Å². The maximum absolute atomic E-state index is 14.4. The molecule has 236 valence electrons. The average Bonchev–Trinajstić information content (AvgIpc) is 3.05. The Labute approximate surface area is 272 Å². The zero-order valence-electron chi connectivity index (χ0n) is 25.0. The van der Waals surface area contributed by atoms with E-state index in [1.54, 1.807) is 0 Å². The highest BCUT2D eigenvalue weighted by molar-refractivity contribution is 9.10. The van der Waals surface area contributed by atoms with Crippen LogP contribution in [0.5, 0.6) is 5.75 Å². The van der Waals surface area contributed by atoms with Crippen molar-refractivity contribution in [1.29, 1.82) is 0 Å². The molecule has 4 rings (SSSR count). The number of carbonyl (C=O) groups is 2. The maximum Gasteiger partial charge on any atom is 0.264 e. The van der Waals surface area contributed by atoms with E-state index in [9.17, 15) is 22.4 Å². The second-order valence-electron chi connectivity index (χ2n) is 10.3. The van der Waals surface area contributed by atoms with E-state index in [-0.39, 0.29) is 29.5 Å². The molecule has 0 aromatic heterocycles. The predicted octanol–water partition coefficient (Wildman–Crippen LogP) is 5.96. The summed E-state index contributed by atoms with van der Waals surface area (Å²) in [4.78, 5) is 29.4. The summed E-state index contributed by atoms with van der Waals surface area (Å²) in [7, 11) is -2.85. The van der Waals surface area contributed by atoms with E-state index in [4.69, 9.17) is 4.74 Å². The fraction of sp³-hybridized carbons (Fsp3) is 0.235. The van der Waals surface area contributed by atoms with Gasteiger partial charge in [-0.25, -0.2) is 12.8 Å². The minimum Gasteiger partial charge on any atom is -0.497 e. The zero-order chi connectivity index (χ0) is 32.4. The second-order valence-corrected chi connectivity index (χ2v) is 13.1. The van der Waals surface area contributed by atoms with Crippen LogP contribution in [0.25, 0.3) is 0 Å². The summed E-state index contributed by atoms with van der Waals surface area (Å²) in [5.74, 6) is -1.05. The van der Waals surface area contributed by atoms with Crippen LogP contribution in [0.15, 0.2) is 112 Å². The van der Waals surface area contributed by atoms with Crippen LogP contribution < -0.4 is 14.4 Å². The molecule has 0 spiro atoms. The van der Waals surface area contributed by atoms with Crippen molar-refractivity contribution in [3.05, 3.63) is 125 Å². The van der Waals surface area contributed by atoms with E-state index in [1.165, 1.54) is 48.4 Å². The molecule has 0 aliphatic carbocycles. The molecule has 1 unspecified atom stereocenters. The molecule has 0 saturated carbocycles. The van der Waals surface area contributed by atoms with Gasteiger partial charge in [-0.2, -0.15) is 0 Å². The Balaban J connectivity index is 1.78. The largest absolute Gasteiger partial charge is 0.497 e. The summed E-state index contributed by atoms with van der Waals surface area (Å²) in [6.45, 7) is 1.76. The molecular weight excluding hydrogens is 661 g/mol. The Bertz CT molecular complexity index is 1670. The van der Waals surface area contributed by atoms with Crippen molar-refractivity contribution >= 4 is 43.5 Å². The van der Waals surface area contributed by atoms with Crippen molar-refractivity contribution in [3.8, 4) is 5.75 Å². The van der Waals surface area contributed by atoms with Crippen LogP contribution in [0.2, 0.25) is 0 Å². The molecular formula is C34H35BrFN3O5S. The summed E-state index contributed by atoms with van der Waals surface area (Å²) >= 11 is 3.43. The number of hydrogen-bond acceptors (Lipinski definition) is 5. The van der Waals surface area contributed by atoms with Gasteiger partial charge in [-0.3, -0.25) is 13.9 Å². The average molecular weight is 697 g/mol. The molecule has 11 heteroatoms. The molecule has 0 saturated heterocycles. The fourth-order valence-electron chi connectivity index (χ4n) is 4.72. The van der Waals surface area contributed by atoms with Gasteiger partial charge in [0.15, 0.2) is 0 Å². The van der Waals surface area contributed by atoms with Gasteiger partial charge in [-0.1, -0.05) is 65.3 Å². The maximum atomic E-state index is 14.4. The smallest absolute Gasteiger partial charge is 0.264 e. The molecule has 0 aliphatic heterocycles. The molecule has 0 aliphatic rings. The highest BCUT2D eigenvalue weighted by Gasteiger charge is 2.34. The number of carbonyl (C=O) groups excluding carboxylic acids is 2. The van der Waals surface area contributed by atoms with Gasteiger partial charge < -0.3 is 15.0 Å². The highest BCUT2D eigenvalue weighted by Crippen LogP contribution is 2.27. The number of nitrogens with zero attached hydrogens (tertiary/aromatic N) is 2.